The second kappa shape index (κ2) is 6.34. The molecule has 3 heteroatoms. The first-order valence-corrected chi connectivity index (χ1v) is 6.59. The van der Waals surface area contributed by atoms with Crippen LogP contribution in [-0.4, -0.2) is 12.1 Å². The minimum Gasteiger partial charge on any atom is -0.496 e. The van der Waals surface area contributed by atoms with Crippen LogP contribution in [0.4, 0.5) is 0 Å². The van der Waals surface area contributed by atoms with E-state index in [9.17, 15) is 0 Å². The fourth-order valence-corrected chi connectivity index (χ4v) is 2.15. The van der Waals surface area contributed by atoms with Crippen molar-refractivity contribution >= 4 is 17.2 Å². The third-order valence-electron chi connectivity index (χ3n) is 3.05. The summed E-state index contributed by atoms with van der Waals surface area (Å²) in [4.78, 5) is 0.709. The SMILES string of the molecule is COc1ccccc1C(=S)NCc1ccccc1C. The molecule has 2 aromatic rings. The standard InChI is InChI=1S/C16H17NOS/c1-12-7-3-4-8-13(12)11-17-16(19)14-9-5-6-10-15(14)18-2/h3-10H,11H2,1-2H3,(H,17,19). The Kier molecular flexibility index (Phi) is 4.53. The zero-order valence-electron chi connectivity index (χ0n) is 11.1. The lowest BCUT2D eigenvalue weighted by atomic mass is 10.1. The van der Waals surface area contributed by atoms with Crippen LogP contribution in [0.25, 0.3) is 0 Å². The molecule has 0 fully saturated rings. The van der Waals surface area contributed by atoms with Crippen LogP contribution >= 0.6 is 12.2 Å². The van der Waals surface area contributed by atoms with Gasteiger partial charge in [-0.3, -0.25) is 0 Å². The van der Waals surface area contributed by atoms with Crippen molar-refractivity contribution < 1.29 is 4.74 Å². The van der Waals surface area contributed by atoms with Gasteiger partial charge in [-0.2, -0.15) is 0 Å². The molecule has 0 radical (unpaired) electrons. The van der Waals surface area contributed by atoms with Crippen LogP contribution < -0.4 is 10.1 Å². The minimum atomic E-state index is 0.709. The summed E-state index contributed by atoms with van der Waals surface area (Å²) in [6.45, 7) is 2.83. The monoisotopic (exact) mass is 271 g/mol. The molecule has 1 N–H and O–H groups in total. The summed E-state index contributed by atoms with van der Waals surface area (Å²) in [6.07, 6.45) is 0. The van der Waals surface area contributed by atoms with Crippen molar-refractivity contribution in [2.75, 3.05) is 7.11 Å². The molecule has 0 aliphatic carbocycles. The van der Waals surface area contributed by atoms with Crippen molar-refractivity contribution in [2.45, 2.75) is 13.5 Å². The Labute approximate surface area is 119 Å². The van der Waals surface area contributed by atoms with E-state index in [-0.39, 0.29) is 0 Å². The molecule has 0 aliphatic heterocycles. The first-order chi connectivity index (χ1) is 9.22. The van der Waals surface area contributed by atoms with Gasteiger partial charge in [0.25, 0.3) is 0 Å². The summed E-state index contributed by atoms with van der Waals surface area (Å²) in [5.41, 5.74) is 3.44. The molecule has 0 bridgehead atoms. The lowest BCUT2D eigenvalue weighted by Gasteiger charge is -2.12. The summed E-state index contributed by atoms with van der Waals surface area (Å²) in [5.74, 6) is 0.796. The Hall–Kier alpha value is -1.87. The number of thiocarbonyl (C=S) groups is 1. The minimum absolute atomic E-state index is 0.709. The highest BCUT2D eigenvalue weighted by Gasteiger charge is 2.07. The van der Waals surface area contributed by atoms with Crippen LogP contribution in [-0.2, 0) is 6.54 Å². The van der Waals surface area contributed by atoms with Gasteiger partial charge in [-0.05, 0) is 30.2 Å². The zero-order chi connectivity index (χ0) is 13.7. The Balaban J connectivity index is 2.08. The summed E-state index contributed by atoms with van der Waals surface area (Å²) >= 11 is 5.43. The molecule has 0 saturated carbocycles. The highest BCUT2D eigenvalue weighted by Crippen LogP contribution is 2.18. The van der Waals surface area contributed by atoms with Gasteiger partial charge in [-0.1, -0.05) is 48.6 Å². The molecule has 0 aliphatic rings. The van der Waals surface area contributed by atoms with Crippen molar-refractivity contribution in [1.82, 2.24) is 5.32 Å². The lowest BCUT2D eigenvalue weighted by molar-refractivity contribution is 0.414. The van der Waals surface area contributed by atoms with Gasteiger partial charge < -0.3 is 10.1 Å². The van der Waals surface area contributed by atoms with Crippen molar-refractivity contribution in [1.29, 1.82) is 0 Å². The molecule has 0 aromatic heterocycles. The van der Waals surface area contributed by atoms with E-state index in [1.165, 1.54) is 11.1 Å². The summed E-state index contributed by atoms with van der Waals surface area (Å²) in [6, 6.07) is 16.1. The molecular weight excluding hydrogens is 254 g/mol. The molecule has 0 amide bonds. The van der Waals surface area contributed by atoms with Gasteiger partial charge in [0, 0.05) is 6.54 Å². The third kappa shape index (κ3) is 3.32. The van der Waals surface area contributed by atoms with Crippen LogP contribution in [0.1, 0.15) is 16.7 Å². The van der Waals surface area contributed by atoms with Crippen LogP contribution in [0.2, 0.25) is 0 Å². The van der Waals surface area contributed by atoms with Gasteiger partial charge in [0.2, 0.25) is 0 Å². The maximum Gasteiger partial charge on any atom is 0.129 e. The number of hydrogen-bond acceptors (Lipinski definition) is 2. The average Bonchev–Trinajstić information content (AvgIpc) is 2.46. The predicted octanol–water partition coefficient (Wildman–Crippen LogP) is 3.47. The second-order valence-corrected chi connectivity index (χ2v) is 4.72. The van der Waals surface area contributed by atoms with Crippen molar-refractivity contribution in [3.8, 4) is 5.75 Å². The number of benzene rings is 2. The molecule has 0 spiro atoms. The molecule has 2 nitrogen and oxygen atoms in total. The van der Waals surface area contributed by atoms with E-state index in [1.807, 2.05) is 36.4 Å². The van der Waals surface area contributed by atoms with Crippen LogP contribution in [0.5, 0.6) is 5.75 Å². The smallest absolute Gasteiger partial charge is 0.129 e. The number of para-hydroxylation sites is 1. The molecule has 2 aromatic carbocycles. The highest BCUT2D eigenvalue weighted by atomic mass is 32.1. The molecular formula is C16H17NOS. The lowest BCUT2D eigenvalue weighted by Crippen LogP contribution is -2.22. The maximum atomic E-state index is 5.43. The Bertz CT molecular complexity index is 580. The second-order valence-electron chi connectivity index (χ2n) is 4.31. The van der Waals surface area contributed by atoms with Gasteiger partial charge in [0.05, 0.1) is 12.7 Å². The Morgan fingerprint density at radius 2 is 1.79 bits per heavy atom. The summed E-state index contributed by atoms with van der Waals surface area (Å²) < 4.78 is 5.31. The fourth-order valence-electron chi connectivity index (χ4n) is 1.91. The van der Waals surface area contributed by atoms with Crippen molar-refractivity contribution in [3.05, 3.63) is 65.2 Å². The molecule has 0 heterocycles. The summed E-state index contributed by atoms with van der Waals surface area (Å²) in [5, 5.41) is 3.28. The van der Waals surface area contributed by atoms with E-state index >= 15 is 0 Å². The van der Waals surface area contributed by atoms with E-state index in [2.05, 4.69) is 24.4 Å². The number of methoxy groups -OCH3 is 1. The van der Waals surface area contributed by atoms with Crippen LogP contribution in [0, 0.1) is 6.92 Å². The maximum absolute atomic E-state index is 5.43. The largest absolute Gasteiger partial charge is 0.496 e. The predicted molar refractivity (Wildman–Crippen MR) is 82.7 cm³/mol. The quantitative estimate of drug-likeness (QED) is 0.860. The number of ether oxygens (including phenoxy) is 1. The Morgan fingerprint density at radius 3 is 2.53 bits per heavy atom. The average molecular weight is 271 g/mol. The van der Waals surface area contributed by atoms with Gasteiger partial charge >= 0.3 is 0 Å². The van der Waals surface area contributed by atoms with Crippen LogP contribution in [0.15, 0.2) is 48.5 Å². The van der Waals surface area contributed by atoms with Crippen molar-refractivity contribution in [2.24, 2.45) is 0 Å². The van der Waals surface area contributed by atoms with E-state index in [4.69, 9.17) is 17.0 Å². The molecule has 2 rings (SSSR count). The number of nitrogens with one attached hydrogen (secondary N) is 1. The van der Waals surface area contributed by atoms with Crippen molar-refractivity contribution in [3.63, 3.8) is 0 Å². The first-order valence-electron chi connectivity index (χ1n) is 6.18. The molecule has 0 saturated heterocycles. The van der Waals surface area contributed by atoms with Gasteiger partial charge in [0.15, 0.2) is 0 Å². The number of rotatable bonds is 4. The Morgan fingerprint density at radius 1 is 1.11 bits per heavy atom. The molecule has 19 heavy (non-hydrogen) atoms. The van der Waals surface area contributed by atoms with E-state index in [0.29, 0.717) is 4.99 Å². The normalized spacial score (nSPS) is 10.0. The molecule has 0 unspecified atom stereocenters. The van der Waals surface area contributed by atoms with E-state index in [0.717, 1.165) is 17.9 Å². The van der Waals surface area contributed by atoms with Gasteiger partial charge in [0.1, 0.15) is 10.7 Å². The van der Waals surface area contributed by atoms with E-state index < -0.39 is 0 Å². The molecule has 98 valence electrons. The fraction of sp³-hybridized carbons (Fsp3) is 0.188. The van der Waals surface area contributed by atoms with Gasteiger partial charge in [-0.25, -0.2) is 0 Å². The molecule has 0 atom stereocenters. The summed E-state index contributed by atoms with van der Waals surface area (Å²) in [7, 11) is 1.66. The zero-order valence-corrected chi connectivity index (χ0v) is 12.0. The number of hydrogen-bond donors (Lipinski definition) is 1. The topological polar surface area (TPSA) is 21.3 Å². The van der Waals surface area contributed by atoms with Gasteiger partial charge in [-0.15, -0.1) is 0 Å². The highest BCUT2D eigenvalue weighted by molar-refractivity contribution is 7.80. The van der Waals surface area contributed by atoms with Crippen LogP contribution in [0.3, 0.4) is 0 Å². The van der Waals surface area contributed by atoms with E-state index in [1.54, 1.807) is 7.11 Å². The first kappa shape index (κ1) is 13.6. The number of aryl methyl sites for hydroxylation is 1. The third-order valence-corrected chi connectivity index (χ3v) is 3.42.